The normalized spacial score (nSPS) is 13.7. The monoisotopic (exact) mass is 772 g/mol. The van der Waals surface area contributed by atoms with E-state index >= 15 is 0 Å². The standard InChI is InChI=1S/C40H34F6N8O2/c1-23(31-13-15-33(25-19-47-53(2)21-25)51-35(31)37(55)49-29-9-5-27(6-10-29)39(41,42)43)17-18-54-22-26(20-48-54)34-16-14-32(24-3-4-24)36(52-34)38(56)50-30-11-7-28(8-12-30)40(44,45)46/h5-16,19-24H,3-4,17-18H2,1-2H3,(H,49,55)(H,50,56). The van der Waals surface area contributed by atoms with Gasteiger partial charge in [-0.3, -0.25) is 19.0 Å². The van der Waals surface area contributed by atoms with E-state index in [2.05, 4.69) is 30.8 Å². The Morgan fingerprint density at radius 3 is 1.77 bits per heavy atom. The molecule has 1 aliphatic carbocycles. The first-order chi connectivity index (χ1) is 26.6. The fourth-order valence-corrected chi connectivity index (χ4v) is 6.27. The van der Waals surface area contributed by atoms with Gasteiger partial charge in [0, 0.05) is 48.5 Å². The van der Waals surface area contributed by atoms with Crippen molar-refractivity contribution in [3.05, 3.63) is 131 Å². The summed E-state index contributed by atoms with van der Waals surface area (Å²) in [5.41, 5.74) is 2.73. The van der Waals surface area contributed by atoms with Gasteiger partial charge >= 0.3 is 12.4 Å². The first-order valence-corrected chi connectivity index (χ1v) is 17.6. The Morgan fingerprint density at radius 2 is 1.23 bits per heavy atom. The lowest BCUT2D eigenvalue weighted by Crippen LogP contribution is -2.18. The number of aromatic nitrogens is 6. The minimum Gasteiger partial charge on any atom is -0.321 e. The lowest BCUT2D eigenvalue weighted by Gasteiger charge is -2.17. The molecular formula is C40H34F6N8O2. The number of amides is 2. The number of nitrogens with zero attached hydrogens (tertiary/aromatic N) is 6. The number of pyridine rings is 2. The van der Waals surface area contributed by atoms with E-state index in [1.807, 2.05) is 19.1 Å². The number of alkyl halides is 6. The zero-order valence-corrected chi connectivity index (χ0v) is 30.0. The molecule has 288 valence electrons. The molecule has 2 N–H and O–H groups in total. The van der Waals surface area contributed by atoms with Gasteiger partial charge < -0.3 is 10.6 Å². The summed E-state index contributed by atoms with van der Waals surface area (Å²) in [4.78, 5) is 36.3. The minimum absolute atomic E-state index is 0.113. The molecule has 56 heavy (non-hydrogen) atoms. The fraction of sp³-hybridized carbons (Fsp3) is 0.250. The zero-order valence-electron chi connectivity index (χ0n) is 30.0. The van der Waals surface area contributed by atoms with Gasteiger partial charge in [-0.2, -0.15) is 36.5 Å². The van der Waals surface area contributed by atoms with Gasteiger partial charge in [-0.1, -0.05) is 19.1 Å². The predicted molar refractivity (Wildman–Crippen MR) is 196 cm³/mol. The Morgan fingerprint density at radius 1 is 0.714 bits per heavy atom. The molecule has 1 saturated carbocycles. The number of anilines is 2. The average molecular weight is 773 g/mol. The maximum Gasteiger partial charge on any atom is 0.416 e. The third-order valence-electron chi connectivity index (χ3n) is 9.49. The van der Waals surface area contributed by atoms with Gasteiger partial charge in [0.1, 0.15) is 11.4 Å². The Labute approximate surface area is 316 Å². The number of carbonyl (C=O) groups excluding carboxylic acids is 2. The second-order valence-corrected chi connectivity index (χ2v) is 13.7. The SMILES string of the molecule is CC(CCn1cc(-c2ccc(C3CC3)c(C(=O)Nc3ccc(C(F)(F)F)cc3)n2)cn1)c1ccc(-c2cnn(C)c2)nc1C(=O)Nc1ccc(C(F)(F)F)cc1. The van der Waals surface area contributed by atoms with Gasteiger partial charge in [-0.25, -0.2) is 9.97 Å². The summed E-state index contributed by atoms with van der Waals surface area (Å²) in [6.45, 7) is 2.35. The maximum absolute atomic E-state index is 13.6. The molecule has 0 radical (unpaired) electrons. The van der Waals surface area contributed by atoms with E-state index in [0.717, 1.165) is 42.7 Å². The van der Waals surface area contributed by atoms with Crippen LogP contribution in [0.1, 0.15) is 81.3 Å². The molecule has 0 spiro atoms. The summed E-state index contributed by atoms with van der Waals surface area (Å²) < 4.78 is 81.8. The van der Waals surface area contributed by atoms with E-state index < -0.39 is 35.3 Å². The number of benzene rings is 2. The summed E-state index contributed by atoms with van der Waals surface area (Å²) >= 11 is 0. The number of hydrogen-bond donors (Lipinski definition) is 2. The third-order valence-corrected chi connectivity index (χ3v) is 9.49. The van der Waals surface area contributed by atoms with Crippen molar-refractivity contribution in [2.45, 2.75) is 56.9 Å². The maximum atomic E-state index is 13.6. The minimum atomic E-state index is -4.52. The Hall–Kier alpha value is -6.32. The third kappa shape index (κ3) is 8.64. The van der Waals surface area contributed by atoms with Crippen molar-refractivity contribution in [2.24, 2.45) is 7.05 Å². The van der Waals surface area contributed by atoms with E-state index in [9.17, 15) is 35.9 Å². The topological polar surface area (TPSA) is 120 Å². The molecule has 10 nitrogen and oxygen atoms in total. The predicted octanol–water partition coefficient (Wildman–Crippen LogP) is 9.35. The average Bonchev–Trinajstić information content (AvgIpc) is 3.74. The molecule has 6 aromatic rings. The number of rotatable bonds is 11. The number of nitrogens with one attached hydrogen (secondary N) is 2. The number of hydrogen-bond acceptors (Lipinski definition) is 6. The molecule has 0 bridgehead atoms. The van der Waals surface area contributed by atoms with E-state index in [1.54, 1.807) is 53.3 Å². The van der Waals surface area contributed by atoms with Crippen molar-refractivity contribution in [3.8, 4) is 22.5 Å². The van der Waals surface area contributed by atoms with Crippen LogP contribution in [0, 0.1) is 0 Å². The van der Waals surface area contributed by atoms with Crippen molar-refractivity contribution in [2.75, 3.05) is 10.6 Å². The van der Waals surface area contributed by atoms with E-state index in [0.29, 0.717) is 41.0 Å². The van der Waals surface area contributed by atoms with E-state index in [1.165, 1.54) is 24.3 Å². The van der Waals surface area contributed by atoms with Crippen LogP contribution in [-0.2, 0) is 25.9 Å². The van der Waals surface area contributed by atoms with Crippen LogP contribution in [0.25, 0.3) is 22.5 Å². The first-order valence-electron chi connectivity index (χ1n) is 17.6. The summed E-state index contributed by atoms with van der Waals surface area (Å²) in [6, 6.07) is 15.6. The summed E-state index contributed by atoms with van der Waals surface area (Å²) in [6.07, 6.45) is 0.0736. The number of carbonyl (C=O) groups is 2. The van der Waals surface area contributed by atoms with Gasteiger partial charge in [0.25, 0.3) is 11.8 Å². The van der Waals surface area contributed by atoms with Crippen LogP contribution in [0.15, 0.2) is 97.6 Å². The van der Waals surface area contributed by atoms with E-state index in [-0.39, 0.29) is 34.6 Å². The first kappa shape index (κ1) is 38.0. The Bertz CT molecular complexity index is 2380. The fourth-order valence-electron chi connectivity index (χ4n) is 6.27. The number of halogens is 6. The van der Waals surface area contributed by atoms with Crippen molar-refractivity contribution < 1.29 is 35.9 Å². The van der Waals surface area contributed by atoms with Crippen molar-refractivity contribution in [1.29, 1.82) is 0 Å². The second-order valence-electron chi connectivity index (χ2n) is 13.7. The van der Waals surface area contributed by atoms with Gasteiger partial charge in [0.05, 0.1) is 34.9 Å². The Kier molecular flexibility index (Phi) is 10.2. The van der Waals surface area contributed by atoms with Crippen molar-refractivity contribution in [1.82, 2.24) is 29.5 Å². The van der Waals surface area contributed by atoms with Crippen molar-refractivity contribution >= 4 is 23.2 Å². The highest BCUT2D eigenvalue weighted by molar-refractivity contribution is 6.05. The van der Waals surface area contributed by atoms with Crippen LogP contribution in [0.5, 0.6) is 0 Å². The molecule has 1 aliphatic rings. The molecule has 0 aliphatic heterocycles. The van der Waals surface area contributed by atoms with Crippen LogP contribution in [0.3, 0.4) is 0 Å². The Balaban J connectivity index is 1.07. The van der Waals surface area contributed by atoms with Crippen LogP contribution < -0.4 is 10.6 Å². The highest BCUT2D eigenvalue weighted by atomic mass is 19.4. The van der Waals surface area contributed by atoms with Crippen LogP contribution in [0.2, 0.25) is 0 Å². The highest BCUT2D eigenvalue weighted by Crippen LogP contribution is 2.42. The second kappa shape index (κ2) is 15.1. The van der Waals surface area contributed by atoms with Gasteiger partial charge in [-0.05, 0) is 103 Å². The summed E-state index contributed by atoms with van der Waals surface area (Å²) in [5.74, 6) is -1.17. The van der Waals surface area contributed by atoms with Gasteiger partial charge in [0.15, 0.2) is 0 Å². The van der Waals surface area contributed by atoms with E-state index in [4.69, 9.17) is 0 Å². The molecule has 4 heterocycles. The van der Waals surface area contributed by atoms with Crippen LogP contribution >= 0.6 is 0 Å². The quantitative estimate of drug-likeness (QED) is 0.127. The molecule has 7 rings (SSSR count). The molecule has 1 atom stereocenters. The van der Waals surface area contributed by atoms with Crippen molar-refractivity contribution in [3.63, 3.8) is 0 Å². The molecule has 2 amide bonds. The zero-order chi connectivity index (χ0) is 39.8. The summed E-state index contributed by atoms with van der Waals surface area (Å²) in [5, 5.41) is 14.0. The highest BCUT2D eigenvalue weighted by Gasteiger charge is 2.32. The van der Waals surface area contributed by atoms with Crippen LogP contribution in [0.4, 0.5) is 37.7 Å². The molecular weight excluding hydrogens is 738 g/mol. The summed E-state index contributed by atoms with van der Waals surface area (Å²) in [7, 11) is 1.75. The smallest absolute Gasteiger partial charge is 0.321 e. The molecule has 0 saturated heterocycles. The molecule has 16 heteroatoms. The number of aryl methyl sites for hydroxylation is 2. The molecule has 2 aromatic carbocycles. The molecule has 1 unspecified atom stereocenters. The van der Waals surface area contributed by atoms with Gasteiger partial charge in [0.2, 0.25) is 0 Å². The van der Waals surface area contributed by atoms with Crippen LogP contribution in [-0.4, -0.2) is 41.3 Å². The lowest BCUT2D eigenvalue weighted by molar-refractivity contribution is -0.138. The molecule has 1 fully saturated rings. The van der Waals surface area contributed by atoms with Gasteiger partial charge in [-0.15, -0.1) is 0 Å². The lowest BCUT2D eigenvalue weighted by atomic mass is 9.95. The molecule has 4 aromatic heterocycles. The largest absolute Gasteiger partial charge is 0.416 e.